The Labute approximate surface area is 177 Å². The Balaban J connectivity index is 0.00000261. The van der Waals surface area contributed by atoms with Crippen molar-refractivity contribution < 1.29 is 0 Å². The van der Waals surface area contributed by atoms with Gasteiger partial charge in [-0.1, -0.05) is 60.7 Å². The minimum Gasteiger partial charge on any atom is -0.355 e. The predicted octanol–water partition coefficient (Wildman–Crippen LogP) is 2.93. The number of rotatable bonds is 6. The molecule has 7 heteroatoms. The number of aromatic nitrogens is 3. The molecule has 0 atom stereocenters. The highest BCUT2D eigenvalue weighted by molar-refractivity contribution is 14.0. The zero-order valence-electron chi connectivity index (χ0n) is 15.5. The van der Waals surface area contributed by atoms with Crippen LogP contribution >= 0.6 is 24.0 Å². The van der Waals surface area contributed by atoms with Gasteiger partial charge in [-0.2, -0.15) is 5.10 Å². The lowest BCUT2D eigenvalue weighted by Crippen LogP contribution is -2.39. The van der Waals surface area contributed by atoms with E-state index in [2.05, 4.69) is 74.2 Å². The van der Waals surface area contributed by atoms with Crippen molar-refractivity contribution in [1.29, 1.82) is 0 Å². The van der Waals surface area contributed by atoms with Crippen LogP contribution in [0.3, 0.4) is 0 Å². The van der Waals surface area contributed by atoms with Crippen LogP contribution in [0.4, 0.5) is 0 Å². The fourth-order valence-electron chi connectivity index (χ4n) is 2.86. The number of benzene rings is 2. The SMILES string of the molecule is CN=C(NCc1ncnn1C)NCC(c1ccccc1)c1ccccc1.I. The van der Waals surface area contributed by atoms with Crippen molar-refractivity contribution in [3.8, 4) is 0 Å². The van der Waals surface area contributed by atoms with Crippen LogP contribution in [0.1, 0.15) is 22.9 Å². The lowest BCUT2D eigenvalue weighted by molar-refractivity contribution is 0.666. The lowest BCUT2D eigenvalue weighted by Gasteiger charge is -2.20. The number of guanidine groups is 1. The van der Waals surface area contributed by atoms with E-state index in [4.69, 9.17) is 0 Å². The van der Waals surface area contributed by atoms with Gasteiger partial charge in [0.15, 0.2) is 5.96 Å². The smallest absolute Gasteiger partial charge is 0.191 e. The van der Waals surface area contributed by atoms with Crippen LogP contribution in [0.5, 0.6) is 0 Å². The number of hydrogen-bond acceptors (Lipinski definition) is 3. The molecule has 0 aliphatic carbocycles. The maximum Gasteiger partial charge on any atom is 0.191 e. The highest BCUT2D eigenvalue weighted by Gasteiger charge is 2.14. The molecule has 2 N–H and O–H groups in total. The van der Waals surface area contributed by atoms with Gasteiger partial charge in [-0.05, 0) is 11.1 Å². The molecule has 142 valence electrons. The standard InChI is InChI=1S/C20H24N6.HI/c1-21-20(23-14-19-24-15-25-26(19)2)22-13-18(16-9-5-3-6-10-16)17-11-7-4-8-12-17;/h3-12,15,18H,13-14H2,1-2H3,(H2,21,22,23);1H. The maximum absolute atomic E-state index is 4.31. The van der Waals surface area contributed by atoms with Gasteiger partial charge in [0.2, 0.25) is 0 Å². The molecule has 0 unspecified atom stereocenters. The Bertz CT molecular complexity index is 792. The highest BCUT2D eigenvalue weighted by atomic mass is 127. The Morgan fingerprint density at radius 2 is 1.59 bits per heavy atom. The van der Waals surface area contributed by atoms with Gasteiger partial charge in [-0.15, -0.1) is 24.0 Å². The van der Waals surface area contributed by atoms with Gasteiger partial charge in [-0.3, -0.25) is 9.67 Å². The van der Waals surface area contributed by atoms with Crippen molar-refractivity contribution in [2.45, 2.75) is 12.5 Å². The molecule has 6 nitrogen and oxygen atoms in total. The summed E-state index contributed by atoms with van der Waals surface area (Å²) < 4.78 is 1.75. The van der Waals surface area contributed by atoms with Gasteiger partial charge in [-0.25, -0.2) is 4.98 Å². The van der Waals surface area contributed by atoms with E-state index in [1.54, 1.807) is 18.1 Å². The third kappa shape index (κ3) is 5.78. The van der Waals surface area contributed by atoms with E-state index in [9.17, 15) is 0 Å². The van der Waals surface area contributed by atoms with Gasteiger partial charge in [0, 0.05) is 26.6 Å². The van der Waals surface area contributed by atoms with Crippen molar-refractivity contribution in [3.63, 3.8) is 0 Å². The van der Waals surface area contributed by atoms with Crippen LogP contribution in [0.15, 0.2) is 72.0 Å². The summed E-state index contributed by atoms with van der Waals surface area (Å²) in [7, 11) is 3.65. The van der Waals surface area contributed by atoms with Gasteiger partial charge in [0.1, 0.15) is 12.2 Å². The molecule has 0 amide bonds. The molecular weight excluding hydrogens is 451 g/mol. The number of aryl methyl sites for hydroxylation is 1. The molecule has 1 aromatic heterocycles. The quantitative estimate of drug-likeness (QED) is 0.326. The van der Waals surface area contributed by atoms with E-state index >= 15 is 0 Å². The minimum absolute atomic E-state index is 0. The van der Waals surface area contributed by atoms with Gasteiger partial charge in [0.25, 0.3) is 0 Å². The van der Waals surface area contributed by atoms with Crippen molar-refractivity contribution >= 4 is 29.9 Å². The van der Waals surface area contributed by atoms with Crippen LogP contribution < -0.4 is 10.6 Å². The summed E-state index contributed by atoms with van der Waals surface area (Å²) in [6, 6.07) is 21.0. The second kappa shape index (κ2) is 10.7. The second-order valence-corrected chi connectivity index (χ2v) is 5.98. The number of aliphatic imine (C=N–C) groups is 1. The average molecular weight is 476 g/mol. The van der Waals surface area contributed by atoms with Crippen LogP contribution in [0.2, 0.25) is 0 Å². The molecule has 3 rings (SSSR count). The fraction of sp³-hybridized carbons (Fsp3) is 0.250. The van der Waals surface area contributed by atoms with Gasteiger partial charge < -0.3 is 10.6 Å². The zero-order valence-corrected chi connectivity index (χ0v) is 17.9. The van der Waals surface area contributed by atoms with Crippen molar-refractivity contribution in [2.24, 2.45) is 12.0 Å². The van der Waals surface area contributed by atoms with Crippen LogP contribution in [0.25, 0.3) is 0 Å². The molecular formula is C20H25IN6. The highest BCUT2D eigenvalue weighted by Crippen LogP contribution is 2.23. The average Bonchev–Trinajstić information content (AvgIpc) is 3.11. The molecule has 27 heavy (non-hydrogen) atoms. The Hall–Kier alpha value is -2.42. The van der Waals surface area contributed by atoms with Gasteiger partial charge >= 0.3 is 0 Å². The minimum atomic E-state index is 0. The Morgan fingerprint density at radius 1 is 1.00 bits per heavy atom. The molecule has 0 spiro atoms. The maximum atomic E-state index is 4.31. The van der Waals surface area contributed by atoms with E-state index in [1.807, 2.05) is 19.2 Å². The van der Waals surface area contributed by atoms with Crippen LogP contribution in [-0.2, 0) is 13.6 Å². The summed E-state index contributed by atoms with van der Waals surface area (Å²) >= 11 is 0. The Morgan fingerprint density at radius 3 is 2.07 bits per heavy atom. The number of halogens is 1. The first-order chi connectivity index (χ1) is 12.8. The summed E-state index contributed by atoms with van der Waals surface area (Å²) in [5.74, 6) is 1.84. The third-order valence-electron chi connectivity index (χ3n) is 4.32. The number of nitrogens with one attached hydrogen (secondary N) is 2. The summed E-state index contributed by atoms with van der Waals surface area (Å²) in [4.78, 5) is 8.53. The van der Waals surface area contributed by atoms with E-state index in [0.717, 1.165) is 18.3 Å². The summed E-state index contributed by atoms with van der Waals surface area (Å²) in [5, 5.41) is 10.8. The second-order valence-electron chi connectivity index (χ2n) is 5.98. The van der Waals surface area contributed by atoms with Crippen molar-refractivity contribution in [3.05, 3.63) is 83.9 Å². The van der Waals surface area contributed by atoms with Crippen LogP contribution in [-0.4, -0.2) is 34.3 Å². The predicted molar refractivity (Wildman–Crippen MR) is 119 cm³/mol. The van der Waals surface area contributed by atoms with Crippen molar-refractivity contribution in [1.82, 2.24) is 25.4 Å². The molecule has 1 heterocycles. The molecule has 0 saturated heterocycles. The van der Waals surface area contributed by atoms with E-state index in [0.29, 0.717) is 6.54 Å². The van der Waals surface area contributed by atoms with Crippen LogP contribution in [0, 0.1) is 0 Å². The monoisotopic (exact) mass is 476 g/mol. The molecule has 0 saturated carbocycles. The first-order valence-corrected chi connectivity index (χ1v) is 8.65. The zero-order chi connectivity index (χ0) is 18.2. The van der Waals surface area contributed by atoms with E-state index in [1.165, 1.54) is 11.1 Å². The summed E-state index contributed by atoms with van der Waals surface area (Å²) in [5.41, 5.74) is 2.55. The summed E-state index contributed by atoms with van der Waals surface area (Å²) in [6.45, 7) is 1.31. The number of hydrogen-bond donors (Lipinski definition) is 2. The third-order valence-corrected chi connectivity index (χ3v) is 4.32. The molecule has 0 aliphatic heterocycles. The molecule has 0 fully saturated rings. The van der Waals surface area contributed by atoms with Gasteiger partial charge in [0.05, 0.1) is 6.54 Å². The molecule has 3 aromatic rings. The normalized spacial score (nSPS) is 11.1. The van der Waals surface area contributed by atoms with Crippen molar-refractivity contribution in [2.75, 3.05) is 13.6 Å². The topological polar surface area (TPSA) is 67.1 Å². The first-order valence-electron chi connectivity index (χ1n) is 8.65. The molecule has 2 aromatic carbocycles. The Kier molecular flexibility index (Phi) is 8.25. The van der Waals surface area contributed by atoms with E-state index in [-0.39, 0.29) is 29.9 Å². The molecule has 0 bridgehead atoms. The molecule has 0 radical (unpaired) electrons. The number of nitrogens with zero attached hydrogens (tertiary/aromatic N) is 4. The molecule has 0 aliphatic rings. The summed E-state index contributed by atoms with van der Waals surface area (Å²) in [6.07, 6.45) is 1.55. The fourth-order valence-corrected chi connectivity index (χ4v) is 2.86. The largest absolute Gasteiger partial charge is 0.355 e. The lowest BCUT2D eigenvalue weighted by atomic mass is 9.91. The van der Waals surface area contributed by atoms with E-state index < -0.39 is 0 Å². The first kappa shape index (κ1) is 20.9.